The van der Waals surface area contributed by atoms with Crippen LogP contribution in [-0.2, 0) is 4.79 Å². The van der Waals surface area contributed by atoms with E-state index in [0.29, 0.717) is 28.2 Å². The van der Waals surface area contributed by atoms with E-state index in [-0.39, 0.29) is 11.3 Å². The first-order chi connectivity index (χ1) is 13.2. The van der Waals surface area contributed by atoms with E-state index in [9.17, 15) is 9.59 Å². The van der Waals surface area contributed by atoms with Gasteiger partial charge >= 0.3 is 0 Å². The molecule has 6 heteroatoms. The van der Waals surface area contributed by atoms with Crippen LogP contribution in [0.4, 0.5) is 0 Å². The molecule has 28 heavy (non-hydrogen) atoms. The monoisotopic (exact) mass is 403 g/mol. The molecule has 0 atom stereocenters. The predicted octanol–water partition coefficient (Wildman–Crippen LogP) is 3.24. The van der Waals surface area contributed by atoms with Crippen molar-refractivity contribution in [1.29, 1.82) is 0 Å². The zero-order valence-electron chi connectivity index (χ0n) is 17.3. The van der Waals surface area contributed by atoms with Crippen LogP contribution in [0.2, 0.25) is 0 Å². The summed E-state index contributed by atoms with van der Waals surface area (Å²) in [5.74, 6) is 1.40. The summed E-state index contributed by atoms with van der Waals surface area (Å²) in [6.45, 7) is 10.9. The number of thiazole rings is 1. The highest BCUT2D eigenvalue weighted by Crippen LogP contribution is 2.26. The second-order valence-corrected chi connectivity index (χ2v) is 8.67. The molecule has 0 saturated heterocycles. The molecule has 1 heterocycles. The number of hydrogen-bond donors (Lipinski definition) is 1. The van der Waals surface area contributed by atoms with Crippen LogP contribution in [0.5, 0.6) is 11.5 Å². The van der Waals surface area contributed by atoms with Crippen LogP contribution in [0.1, 0.15) is 53.0 Å². The average Bonchev–Trinajstić information content (AvgIpc) is 2.97. The standard InChI is InChI=1S/C22H29NO4S/c1-6-10-26-16-9-8-15(17(13-16)27-11-7-2)12-18-21(25)23-20(28-18)14-19(24)22(3,4)5/h8-9,12-14H,6-7,10-11H2,1-5H3,(H,23,25)/b18-12-,20-14+. The minimum atomic E-state index is -0.486. The molecule has 0 unspecified atom stereocenters. The maximum atomic E-state index is 12.3. The molecule has 0 aliphatic heterocycles. The van der Waals surface area contributed by atoms with Crippen molar-refractivity contribution in [2.75, 3.05) is 13.2 Å². The fraction of sp³-hybridized carbons (Fsp3) is 0.455. The largest absolute Gasteiger partial charge is 0.493 e. The molecule has 0 radical (unpaired) electrons. The van der Waals surface area contributed by atoms with E-state index in [1.807, 2.05) is 45.9 Å². The number of ketones is 1. The Morgan fingerprint density at radius 1 is 1.14 bits per heavy atom. The average molecular weight is 404 g/mol. The van der Waals surface area contributed by atoms with Crippen LogP contribution in [0.3, 0.4) is 0 Å². The van der Waals surface area contributed by atoms with Crippen molar-refractivity contribution < 1.29 is 14.3 Å². The molecule has 0 bridgehead atoms. The number of carbonyl (C=O) groups is 1. The number of hydrogen-bond acceptors (Lipinski definition) is 5. The van der Waals surface area contributed by atoms with Crippen LogP contribution < -0.4 is 24.2 Å². The van der Waals surface area contributed by atoms with E-state index in [4.69, 9.17) is 9.47 Å². The molecular formula is C22H29NO4S. The van der Waals surface area contributed by atoms with Gasteiger partial charge in [-0.3, -0.25) is 9.59 Å². The first-order valence-corrected chi connectivity index (χ1v) is 10.4. The van der Waals surface area contributed by atoms with Gasteiger partial charge in [-0.1, -0.05) is 34.6 Å². The first-order valence-electron chi connectivity index (χ1n) is 9.61. The van der Waals surface area contributed by atoms with Gasteiger partial charge in [0.2, 0.25) is 0 Å². The summed E-state index contributed by atoms with van der Waals surface area (Å²) < 4.78 is 12.6. The van der Waals surface area contributed by atoms with E-state index in [2.05, 4.69) is 11.9 Å². The molecule has 1 N–H and O–H groups in total. The highest BCUT2D eigenvalue weighted by atomic mass is 32.1. The maximum Gasteiger partial charge on any atom is 0.266 e. The van der Waals surface area contributed by atoms with Gasteiger partial charge in [-0.15, -0.1) is 11.3 Å². The van der Waals surface area contributed by atoms with Gasteiger partial charge < -0.3 is 14.5 Å². The van der Waals surface area contributed by atoms with Gasteiger partial charge in [0.05, 0.1) is 22.4 Å². The lowest BCUT2D eigenvalue weighted by Gasteiger charge is -2.12. The van der Waals surface area contributed by atoms with Crippen molar-refractivity contribution in [3.63, 3.8) is 0 Å². The van der Waals surface area contributed by atoms with Crippen molar-refractivity contribution in [2.24, 2.45) is 5.41 Å². The third-order valence-electron chi connectivity index (χ3n) is 3.89. The van der Waals surface area contributed by atoms with E-state index in [1.165, 1.54) is 17.4 Å². The Balaban J connectivity index is 2.45. The van der Waals surface area contributed by atoms with Crippen LogP contribution in [0.25, 0.3) is 12.2 Å². The Kier molecular flexibility index (Phi) is 7.63. The van der Waals surface area contributed by atoms with Gasteiger partial charge in [-0.2, -0.15) is 0 Å². The highest BCUT2D eigenvalue weighted by molar-refractivity contribution is 7.07. The molecule has 0 fully saturated rings. The topological polar surface area (TPSA) is 68.4 Å². The summed E-state index contributed by atoms with van der Waals surface area (Å²) in [6.07, 6.45) is 5.10. The number of rotatable bonds is 8. The minimum Gasteiger partial charge on any atom is -0.493 e. The van der Waals surface area contributed by atoms with Crippen LogP contribution in [0, 0.1) is 5.41 Å². The highest BCUT2D eigenvalue weighted by Gasteiger charge is 2.18. The molecule has 2 aromatic rings. The molecule has 0 aliphatic carbocycles. The molecular weight excluding hydrogens is 374 g/mol. The molecule has 1 aromatic heterocycles. The quantitative estimate of drug-likeness (QED) is 0.735. The lowest BCUT2D eigenvalue weighted by Crippen LogP contribution is -2.22. The van der Waals surface area contributed by atoms with Crippen molar-refractivity contribution >= 4 is 29.3 Å². The Hall–Kier alpha value is -2.34. The van der Waals surface area contributed by atoms with Gasteiger partial charge in [0, 0.05) is 23.1 Å². The third-order valence-corrected chi connectivity index (χ3v) is 4.85. The van der Waals surface area contributed by atoms with Crippen LogP contribution in [0.15, 0.2) is 23.0 Å². The number of Topliss-reactive ketones (excluding diaryl/α,β-unsaturated/α-hetero) is 1. The fourth-order valence-corrected chi connectivity index (χ4v) is 3.16. The predicted molar refractivity (Wildman–Crippen MR) is 115 cm³/mol. The van der Waals surface area contributed by atoms with Gasteiger partial charge in [-0.05, 0) is 31.1 Å². The number of benzene rings is 1. The minimum absolute atomic E-state index is 0.0269. The van der Waals surface area contributed by atoms with Crippen LogP contribution >= 0.6 is 11.3 Å². The number of carbonyl (C=O) groups excluding carboxylic acids is 1. The molecule has 5 nitrogen and oxygen atoms in total. The van der Waals surface area contributed by atoms with Crippen molar-refractivity contribution in [2.45, 2.75) is 47.5 Å². The van der Waals surface area contributed by atoms with E-state index >= 15 is 0 Å². The lowest BCUT2D eigenvalue weighted by atomic mass is 9.91. The summed E-state index contributed by atoms with van der Waals surface area (Å²) in [5.41, 5.74) is 0.101. The number of ether oxygens (including phenoxy) is 2. The number of aromatic amines is 1. The summed E-state index contributed by atoms with van der Waals surface area (Å²) in [6, 6.07) is 5.62. The summed E-state index contributed by atoms with van der Waals surface area (Å²) in [4.78, 5) is 27.3. The Morgan fingerprint density at radius 2 is 1.82 bits per heavy atom. The lowest BCUT2D eigenvalue weighted by molar-refractivity contribution is -0.119. The summed E-state index contributed by atoms with van der Waals surface area (Å²) >= 11 is 1.26. The number of aromatic nitrogens is 1. The van der Waals surface area contributed by atoms with E-state index < -0.39 is 5.41 Å². The second-order valence-electron chi connectivity index (χ2n) is 7.58. The second kappa shape index (κ2) is 9.73. The zero-order chi connectivity index (χ0) is 20.7. The van der Waals surface area contributed by atoms with Gasteiger partial charge in [0.25, 0.3) is 5.56 Å². The Labute approximate surface area is 169 Å². The third kappa shape index (κ3) is 6.09. The number of nitrogens with one attached hydrogen (secondary N) is 1. The molecule has 0 aliphatic rings. The SMILES string of the molecule is CCCOc1ccc(/C=c2\s/c(=C/C(=O)C(C)(C)C)[nH]c2=O)c(OCCC)c1. The zero-order valence-corrected chi connectivity index (χ0v) is 18.1. The molecule has 0 amide bonds. The molecule has 2 rings (SSSR count). The number of H-pyrrole nitrogens is 1. The van der Waals surface area contributed by atoms with Crippen LogP contribution in [-0.4, -0.2) is 24.0 Å². The summed E-state index contributed by atoms with van der Waals surface area (Å²) in [7, 11) is 0. The first kappa shape index (κ1) is 22.0. The van der Waals surface area contributed by atoms with Crippen molar-refractivity contribution in [3.8, 4) is 11.5 Å². The van der Waals surface area contributed by atoms with Gasteiger partial charge in [0.15, 0.2) is 5.78 Å². The normalized spacial score (nSPS) is 13.0. The molecule has 152 valence electrons. The molecule has 1 aromatic carbocycles. The van der Waals surface area contributed by atoms with Gasteiger partial charge in [0.1, 0.15) is 11.5 Å². The Morgan fingerprint density at radius 3 is 2.46 bits per heavy atom. The van der Waals surface area contributed by atoms with Crippen molar-refractivity contribution in [3.05, 3.63) is 43.3 Å². The Bertz CT molecular complexity index is 979. The van der Waals surface area contributed by atoms with E-state index in [0.717, 1.165) is 24.2 Å². The smallest absolute Gasteiger partial charge is 0.266 e. The van der Waals surface area contributed by atoms with Crippen molar-refractivity contribution in [1.82, 2.24) is 4.98 Å². The maximum absolute atomic E-state index is 12.3. The van der Waals surface area contributed by atoms with Gasteiger partial charge in [-0.25, -0.2) is 0 Å². The fourth-order valence-electron chi connectivity index (χ4n) is 2.28. The van der Waals surface area contributed by atoms with E-state index in [1.54, 1.807) is 6.08 Å². The molecule has 0 spiro atoms. The summed E-state index contributed by atoms with van der Waals surface area (Å²) in [5, 5.41) is 0. The molecule has 0 saturated carbocycles.